The van der Waals surface area contributed by atoms with Crippen molar-refractivity contribution < 1.29 is 12.8 Å². The fourth-order valence-corrected chi connectivity index (χ4v) is 3.17. The van der Waals surface area contributed by atoms with E-state index < -0.39 is 9.84 Å². The van der Waals surface area contributed by atoms with Gasteiger partial charge >= 0.3 is 0 Å². The van der Waals surface area contributed by atoms with E-state index in [2.05, 4.69) is 26.2 Å². The predicted molar refractivity (Wildman–Crippen MR) is 88.3 cm³/mol. The average Bonchev–Trinajstić information content (AvgIpc) is 2.45. The topological polar surface area (TPSA) is 59.1 Å². The molecule has 1 heterocycles. The first-order valence-corrected chi connectivity index (χ1v) is 9.39. The highest BCUT2D eigenvalue weighted by Gasteiger charge is 2.13. The van der Waals surface area contributed by atoms with Gasteiger partial charge in [0.2, 0.25) is 0 Å². The molecule has 0 amide bonds. The number of benzene rings is 1. The Labute approximate surface area is 137 Å². The second-order valence-corrected chi connectivity index (χ2v) is 7.79. The molecule has 0 aliphatic heterocycles. The largest absolute Gasteiger partial charge is 0.369 e. The van der Waals surface area contributed by atoms with Crippen molar-refractivity contribution in [3.8, 4) is 0 Å². The van der Waals surface area contributed by atoms with Crippen LogP contribution in [0.5, 0.6) is 0 Å². The minimum Gasteiger partial charge on any atom is -0.369 e. The number of aryl methyl sites for hydroxylation is 1. The monoisotopic (exact) mass is 386 g/mol. The van der Waals surface area contributed by atoms with E-state index in [9.17, 15) is 12.8 Å². The van der Waals surface area contributed by atoms with Gasteiger partial charge in [0.05, 0.1) is 0 Å². The molecular weight excluding hydrogens is 371 g/mol. The van der Waals surface area contributed by atoms with E-state index in [1.807, 2.05) is 0 Å². The van der Waals surface area contributed by atoms with Crippen molar-refractivity contribution in [1.29, 1.82) is 0 Å². The van der Waals surface area contributed by atoms with Crippen molar-refractivity contribution in [2.75, 3.05) is 18.1 Å². The Balaban J connectivity index is 1.95. The highest BCUT2D eigenvalue weighted by atomic mass is 79.9. The Morgan fingerprint density at radius 1 is 1.32 bits per heavy atom. The summed E-state index contributed by atoms with van der Waals surface area (Å²) in [5.41, 5.74) is 0.634. The molecule has 0 fully saturated rings. The van der Waals surface area contributed by atoms with Gasteiger partial charge in [-0.1, -0.05) is 22.0 Å². The molecule has 0 bridgehead atoms. The lowest BCUT2D eigenvalue weighted by atomic mass is 10.1. The zero-order valence-corrected chi connectivity index (χ0v) is 14.4. The highest BCUT2D eigenvalue weighted by Crippen LogP contribution is 2.19. The molecule has 2 rings (SSSR count). The Kier molecular flexibility index (Phi) is 5.52. The van der Waals surface area contributed by atoms with Crippen molar-refractivity contribution in [2.24, 2.45) is 0 Å². The maximum absolute atomic E-state index is 13.7. The van der Waals surface area contributed by atoms with Gasteiger partial charge in [-0.25, -0.2) is 17.8 Å². The molecule has 0 saturated carbocycles. The molecule has 1 aromatic carbocycles. The van der Waals surface area contributed by atoms with Crippen LogP contribution in [-0.2, 0) is 16.3 Å². The summed E-state index contributed by atoms with van der Waals surface area (Å²) in [6.07, 6.45) is 3.91. The van der Waals surface area contributed by atoms with Crippen molar-refractivity contribution in [1.82, 2.24) is 4.98 Å². The molecule has 2 aromatic rings. The highest BCUT2D eigenvalue weighted by molar-refractivity contribution is 9.10. The summed E-state index contributed by atoms with van der Waals surface area (Å²) in [6, 6.07) is 8.07. The van der Waals surface area contributed by atoms with Gasteiger partial charge in [-0.3, -0.25) is 0 Å². The number of hydrogen-bond acceptors (Lipinski definition) is 4. The lowest BCUT2D eigenvalue weighted by Crippen LogP contribution is -2.10. The average molecular weight is 387 g/mol. The van der Waals surface area contributed by atoms with Crippen LogP contribution in [0.3, 0.4) is 0 Å². The fraction of sp³-hybridized carbons (Fsp3) is 0.267. The van der Waals surface area contributed by atoms with E-state index in [1.54, 1.807) is 18.2 Å². The first kappa shape index (κ1) is 16.9. The standard InChI is InChI=1S/C15H16BrFN2O2S/c1-22(20,21)14-5-3-9-19-15(14)18-8-2-4-11-6-7-12(16)10-13(11)17/h3,5-7,9-10H,2,4,8H2,1H3,(H,18,19). The molecule has 1 aromatic heterocycles. The third-order valence-electron chi connectivity index (χ3n) is 3.10. The van der Waals surface area contributed by atoms with Gasteiger partial charge in [0.25, 0.3) is 0 Å². The summed E-state index contributed by atoms with van der Waals surface area (Å²) in [4.78, 5) is 4.22. The van der Waals surface area contributed by atoms with E-state index >= 15 is 0 Å². The second-order valence-electron chi connectivity index (χ2n) is 4.89. The predicted octanol–water partition coefficient (Wildman–Crippen LogP) is 3.43. The van der Waals surface area contributed by atoms with Crippen molar-refractivity contribution in [3.63, 3.8) is 0 Å². The van der Waals surface area contributed by atoms with Gasteiger partial charge in [0, 0.05) is 23.5 Å². The van der Waals surface area contributed by atoms with Gasteiger partial charge < -0.3 is 5.32 Å². The van der Waals surface area contributed by atoms with Crippen LogP contribution < -0.4 is 5.32 Å². The molecule has 0 atom stereocenters. The van der Waals surface area contributed by atoms with E-state index in [-0.39, 0.29) is 10.7 Å². The molecule has 1 N–H and O–H groups in total. The summed E-state index contributed by atoms with van der Waals surface area (Å²) in [6.45, 7) is 0.509. The van der Waals surface area contributed by atoms with Gasteiger partial charge in [-0.2, -0.15) is 0 Å². The molecule has 0 radical (unpaired) electrons. The smallest absolute Gasteiger partial charge is 0.179 e. The molecule has 7 heteroatoms. The number of nitrogens with zero attached hydrogens (tertiary/aromatic N) is 1. The third-order valence-corrected chi connectivity index (χ3v) is 4.72. The van der Waals surface area contributed by atoms with Crippen LogP contribution >= 0.6 is 15.9 Å². The van der Waals surface area contributed by atoms with E-state index in [0.29, 0.717) is 35.2 Å². The van der Waals surface area contributed by atoms with E-state index in [4.69, 9.17) is 0 Å². The van der Waals surface area contributed by atoms with Crippen molar-refractivity contribution in [2.45, 2.75) is 17.7 Å². The lowest BCUT2D eigenvalue weighted by Gasteiger charge is -2.09. The Morgan fingerprint density at radius 3 is 2.77 bits per heavy atom. The molecular formula is C15H16BrFN2O2S. The number of anilines is 1. The normalized spacial score (nSPS) is 11.4. The van der Waals surface area contributed by atoms with Gasteiger partial charge in [-0.05, 0) is 42.7 Å². The summed E-state index contributed by atoms with van der Waals surface area (Å²) in [5, 5.41) is 3.00. The summed E-state index contributed by atoms with van der Waals surface area (Å²) in [7, 11) is -3.32. The number of nitrogens with one attached hydrogen (secondary N) is 1. The molecule has 0 saturated heterocycles. The van der Waals surface area contributed by atoms with Gasteiger partial charge in [-0.15, -0.1) is 0 Å². The Hall–Kier alpha value is -1.47. The van der Waals surface area contributed by atoms with Gasteiger partial charge in [0.1, 0.15) is 16.5 Å². The van der Waals surface area contributed by atoms with Crippen LogP contribution in [-0.4, -0.2) is 26.2 Å². The fourth-order valence-electron chi connectivity index (χ4n) is 2.03. The van der Waals surface area contributed by atoms with Crippen LogP contribution in [0.1, 0.15) is 12.0 Å². The third kappa shape index (κ3) is 4.51. The van der Waals surface area contributed by atoms with Crippen LogP contribution in [0.2, 0.25) is 0 Å². The van der Waals surface area contributed by atoms with Crippen LogP contribution in [0.15, 0.2) is 45.9 Å². The zero-order valence-electron chi connectivity index (χ0n) is 12.0. The number of halogens is 2. The maximum atomic E-state index is 13.7. The summed E-state index contributed by atoms with van der Waals surface area (Å²) in [5.74, 6) is 0.0883. The first-order chi connectivity index (χ1) is 10.4. The first-order valence-electron chi connectivity index (χ1n) is 6.71. The van der Waals surface area contributed by atoms with Crippen LogP contribution in [0, 0.1) is 5.82 Å². The molecule has 4 nitrogen and oxygen atoms in total. The van der Waals surface area contributed by atoms with Crippen molar-refractivity contribution >= 4 is 31.6 Å². The summed E-state index contributed by atoms with van der Waals surface area (Å²) >= 11 is 3.22. The second kappa shape index (κ2) is 7.19. The molecule has 0 aliphatic rings. The van der Waals surface area contributed by atoms with Gasteiger partial charge in [0.15, 0.2) is 9.84 Å². The molecule has 0 aliphatic carbocycles. The van der Waals surface area contributed by atoms with E-state index in [1.165, 1.54) is 18.3 Å². The molecule has 22 heavy (non-hydrogen) atoms. The van der Waals surface area contributed by atoms with Crippen LogP contribution in [0.25, 0.3) is 0 Å². The Morgan fingerprint density at radius 2 is 2.09 bits per heavy atom. The molecule has 0 unspecified atom stereocenters. The minimum atomic E-state index is -3.32. The molecule has 0 spiro atoms. The maximum Gasteiger partial charge on any atom is 0.179 e. The number of pyridine rings is 1. The molecule has 118 valence electrons. The van der Waals surface area contributed by atoms with E-state index in [0.717, 1.165) is 6.26 Å². The number of aromatic nitrogens is 1. The lowest BCUT2D eigenvalue weighted by molar-refractivity contribution is 0.601. The number of rotatable bonds is 6. The number of sulfone groups is 1. The number of hydrogen-bond donors (Lipinski definition) is 1. The van der Waals surface area contributed by atoms with Crippen LogP contribution in [0.4, 0.5) is 10.2 Å². The summed E-state index contributed by atoms with van der Waals surface area (Å²) < 4.78 is 37.7. The quantitative estimate of drug-likeness (QED) is 0.772. The SMILES string of the molecule is CS(=O)(=O)c1cccnc1NCCCc1ccc(Br)cc1F. The Bertz CT molecular complexity index is 766. The minimum absolute atomic E-state index is 0.171. The van der Waals surface area contributed by atoms with Crippen molar-refractivity contribution in [3.05, 3.63) is 52.4 Å². The zero-order chi connectivity index (χ0) is 16.2.